The van der Waals surface area contributed by atoms with E-state index in [-0.39, 0.29) is 18.4 Å². The summed E-state index contributed by atoms with van der Waals surface area (Å²) in [6.45, 7) is 5.55. The van der Waals surface area contributed by atoms with Crippen LogP contribution in [0.1, 0.15) is 34.6 Å². The van der Waals surface area contributed by atoms with Crippen molar-refractivity contribution in [2.45, 2.75) is 25.9 Å². The van der Waals surface area contributed by atoms with Gasteiger partial charge in [-0.15, -0.1) is 0 Å². The van der Waals surface area contributed by atoms with E-state index in [0.29, 0.717) is 25.3 Å². The standard InChI is InChI=1S/C24H28N4O2/c1-18(19-8-4-2-5-9-19)16-25-24(30)22-21-17-27(14-15-29)12-13-28(21)23(26-22)20-10-6-3-7-11-20/h2-11,18,29H,12-17H2,1H3,(H,25,30). The molecule has 6 nitrogen and oxygen atoms in total. The summed E-state index contributed by atoms with van der Waals surface area (Å²) >= 11 is 0. The molecule has 0 saturated heterocycles. The van der Waals surface area contributed by atoms with Crippen molar-refractivity contribution in [3.63, 3.8) is 0 Å². The Labute approximate surface area is 177 Å². The molecular formula is C24H28N4O2. The van der Waals surface area contributed by atoms with Gasteiger partial charge in [0, 0.05) is 38.3 Å². The minimum atomic E-state index is -0.144. The van der Waals surface area contributed by atoms with Gasteiger partial charge in [0.1, 0.15) is 5.82 Å². The van der Waals surface area contributed by atoms with Crippen LogP contribution in [0.5, 0.6) is 0 Å². The molecule has 1 atom stereocenters. The highest BCUT2D eigenvalue weighted by molar-refractivity contribution is 5.94. The fourth-order valence-electron chi connectivity index (χ4n) is 3.97. The van der Waals surface area contributed by atoms with Gasteiger partial charge in [-0.1, -0.05) is 67.6 Å². The lowest BCUT2D eigenvalue weighted by atomic mass is 10.0. The smallest absolute Gasteiger partial charge is 0.271 e. The van der Waals surface area contributed by atoms with E-state index in [9.17, 15) is 9.90 Å². The van der Waals surface area contributed by atoms with Gasteiger partial charge in [0.25, 0.3) is 5.91 Å². The molecule has 1 aliphatic heterocycles. The Morgan fingerprint density at radius 3 is 2.50 bits per heavy atom. The van der Waals surface area contributed by atoms with Crippen LogP contribution in [-0.4, -0.2) is 51.7 Å². The van der Waals surface area contributed by atoms with Gasteiger partial charge < -0.3 is 15.0 Å². The van der Waals surface area contributed by atoms with Crippen LogP contribution in [0, 0.1) is 0 Å². The Morgan fingerprint density at radius 2 is 1.80 bits per heavy atom. The zero-order valence-corrected chi connectivity index (χ0v) is 17.3. The quantitative estimate of drug-likeness (QED) is 0.635. The number of fused-ring (bicyclic) bond motifs is 1. The third-order valence-electron chi connectivity index (χ3n) is 5.69. The monoisotopic (exact) mass is 404 g/mol. The third kappa shape index (κ3) is 4.30. The molecule has 1 amide bonds. The van der Waals surface area contributed by atoms with Crippen molar-refractivity contribution in [3.05, 3.63) is 77.6 Å². The highest BCUT2D eigenvalue weighted by atomic mass is 16.3. The molecule has 2 aromatic carbocycles. The lowest BCUT2D eigenvalue weighted by Crippen LogP contribution is -2.37. The maximum absolute atomic E-state index is 13.1. The number of hydrogen-bond acceptors (Lipinski definition) is 4. The van der Waals surface area contributed by atoms with Gasteiger partial charge in [-0.3, -0.25) is 9.69 Å². The van der Waals surface area contributed by atoms with Gasteiger partial charge in [-0.2, -0.15) is 0 Å². The molecular weight excluding hydrogens is 376 g/mol. The molecule has 1 aromatic heterocycles. The van der Waals surface area contributed by atoms with Crippen LogP contribution >= 0.6 is 0 Å². The van der Waals surface area contributed by atoms with Crippen LogP contribution in [0.3, 0.4) is 0 Å². The number of aliphatic hydroxyl groups excluding tert-OH is 1. The second-order valence-corrected chi connectivity index (χ2v) is 7.77. The second kappa shape index (κ2) is 9.24. The van der Waals surface area contributed by atoms with Gasteiger partial charge in [-0.05, 0) is 11.5 Å². The Balaban J connectivity index is 1.58. The third-order valence-corrected chi connectivity index (χ3v) is 5.69. The molecule has 0 fully saturated rings. The molecule has 1 aliphatic rings. The first-order valence-corrected chi connectivity index (χ1v) is 10.5. The van der Waals surface area contributed by atoms with Crippen molar-refractivity contribution >= 4 is 5.91 Å². The number of nitrogens with one attached hydrogen (secondary N) is 1. The number of carbonyl (C=O) groups is 1. The Bertz CT molecular complexity index is 985. The highest BCUT2D eigenvalue weighted by Gasteiger charge is 2.27. The van der Waals surface area contributed by atoms with Crippen molar-refractivity contribution in [2.75, 3.05) is 26.2 Å². The van der Waals surface area contributed by atoms with E-state index in [1.807, 2.05) is 48.5 Å². The van der Waals surface area contributed by atoms with Crippen LogP contribution in [0.25, 0.3) is 11.4 Å². The Morgan fingerprint density at radius 1 is 1.10 bits per heavy atom. The predicted octanol–water partition coefficient (Wildman–Crippen LogP) is 2.89. The van der Waals surface area contributed by atoms with E-state index in [2.05, 4.69) is 33.8 Å². The largest absolute Gasteiger partial charge is 0.395 e. The van der Waals surface area contributed by atoms with E-state index in [1.54, 1.807) is 0 Å². The maximum Gasteiger partial charge on any atom is 0.271 e. The van der Waals surface area contributed by atoms with Gasteiger partial charge >= 0.3 is 0 Å². The number of rotatable bonds is 7. The number of nitrogens with zero attached hydrogens (tertiary/aromatic N) is 3. The van der Waals surface area contributed by atoms with E-state index in [1.165, 1.54) is 5.56 Å². The summed E-state index contributed by atoms with van der Waals surface area (Å²) in [6, 6.07) is 20.2. The molecule has 2 N–H and O–H groups in total. The molecule has 156 valence electrons. The van der Waals surface area contributed by atoms with E-state index in [4.69, 9.17) is 4.98 Å². The molecule has 0 aliphatic carbocycles. The van der Waals surface area contributed by atoms with E-state index >= 15 is 0 Å². The van der Waals surface area contributed by atoms with Gasteiger partial charge in [0.15, 0.2) is 5.69 Å². The molecule has 2 heterocycles. The SMILES string of the molecule is CC(CNC(=O)c1nc(-c2ccccc2)n2c1CN(CCO)CC2)c1ccccc1. The molecule has 0 spiro atoms. The lowest BCUT2D eigenvalue weighted by Gasteiger charge is -2.28. The number of imidazole rings is 1. The van der Waals surface area contributed by atoms with Gasteiger partial charge in [0.05, 0.1) is 12.3 Å². The fourth-order valence-corrected chi connectivity index (χ4v) is 3.97. The summed E-state index contributed by atoms with van der Waals surface area (Å²) in [7, 11) is 0. The van der Waals surface area contributed by atoms with Crippen LogP contribution in [0.4, 0.5) is 0 Å². The molecule has 6 heteroatoms. The number of amides is 1. The summed E-state index contributed by atoms with van der Waals surface area (Å²) in [4.78, 5) is 20.0. The van der Waals surface area contributed by atoms with Crippen molar-refractivity contribution < 1.29 is 9.90 Å². The first-order valence-electron chi connectivity index (χ1n) is 10.5. The van der Waals surface area contributed by atoms with Crippen LogP contribution in [-0.2, 0) is 13.1 Å². The molecule has 3 aromatic rings. The van der Waals surface area contributed by atoms with Crippen molar-refractivity contribution in [1.29, 1.82) is 0 Å². The summed E-state index contributed by atoms with van der Waals surface area (Å²) in [5.41, 5.74) is 3.60. The average Bonchev–Trinajstić information content (AvgIpc) is 3.17. The predicted molar refractivity (Wildman–Crippen MR) is 117 cm³/mol. The zero-order valence-electron chi connectivity index (χ0n) is 17.3. The van der Waals surface area contributed by atoms with E-state index < -0.39 is 0 Å². The molecule has 0 saturated carbocycles. The molecule has 30 heavy (non-hydrogen) atoms. The summed E-state index contributed by atoms with van der Waals surface area (Å²) in [6.07, 6.45) is 0. The van der Waals surface area contributed by atoms with Crippen molar-refractivity contribution in [1.82, 2.24) is 19.8 Å². The zero-order chi connectivity index (χ0) is 20.9. The average molecular weight is 405 g/mol. The van der Waals surface area contributed by atoms with Crippen molar-refractivity contribution in [3.8, 4) is 11.4 Å². The van der Waals surface area contributed by atoms with Gasteiger partial charge in [0.2, 0.25) is 0 Å². The first-order chi connectivity index (χ1) is 14.7. The van der Waals surface area contributed by atoms with Crippen LogP contribution in [0.15, 0.2) is 60.7 Å². The number of benzene rings is 2. The van der Waals surface area contributed by atoms with Gasteiger partial charge in [-0.25, -0.2) is 4.98 Å². The minimum absolute atomic E-state index is 0.107. The number of carbonyl (C=O) groups excluding carboxylic acids is 1. The summed E-state index contributed by atoms with van der Waals surface area (Å²) in [5.74, 6) is 0.901. The fraction of sp³-hybridized carbons (Fsp3) is 0.333. The number of β-amino-alcohol motifs (C(OH)–C–C–N with tert-alkyl or cyclic N) is 1. The Kier molecular flexibility index (Phi) is 6.26. The molecule has 0 bridgehead atoms. The normalized spacial score (nSPS) is 14.9. The first kappa shape index (κ1) is 20.3. The second-order valence-electron chi connectivity index (χ2n) is 7.77. The molecule has 0 radical (unpaired) electrons. The topological polar surface area (TPSA) is 70.4 Å². The van der Waals surface area contributed by atoms with Crippen molar-refractivity contribution in [2.24, 2.45) is 0 Å². The summed E-state index contributed by atoms with van der Waals surface area (Å²) < 4.78 is 2.15. The molecule has 1 unspecified atom stereocenters. The maximum atomic E-state index is 13.1. The highest BCUT2D eigenvalue weighted by Crippen LogP contribution is 2.26. The number of aliphatic hydroxyl groups is 1. The van der Waals surface area contributed by atoms with Crippen LogP contribution < -0.4 is 5.32 Å². The minimum Gasteiger partial charge on any atom is -0.395 e. The Hall–Kier alpha value is -2.96. The molecule has 4 rings (SSSR count). The number of aromatic nitrogens is 2. The van der Waals surface area contributed by atoms with E-state index in [0.717, 1.165) is 30.2 Å². The lowest BCUT2D eigenvalue weighted by molar-refractivity contribution is 0.0942. The number of hydrogen-bond donors (Lipinski definition) is 2. The summed E-state index contributed by atoms with van der Waals surface area (Å²) in [5, 5.41) is 12.4. The van der Waals surface area contributed by atoms with Crippen LogP contribution in [0.2, 0.25) is 0 Å².